The Morgan fingerprint density at radius 2 is 1.71 bits per heavy atom. The molecule has 0 aliphatic heterocycles. The third-order valence-electron chi connectivity index (χ3n) is 3.60. The number of nitrogens with zero attached hydrogens (tertiary/aromatic N) is 1. The van der Waals surface area contributed by atoms with E-state index in [-0.39, 0.29) is 0 Å². The van der Waals surface area contributed by atoms with Gasteiger partial charge >= 0.3 is 0 Å². The Kier molecular flexibility index (Phi) is 5.01. The predicted octanol–water partition coefficient (Wildman–Crippen LogP) is 4.89. The molecular formula is C19H19NO3S. The first-order chi connectivity index (χ1) is 11.7. The average molecular weight is 341 g/mol. The molecule has 0 saturated carbocycles. The van der Waals surface area contributed by atoms with E-state index in [1.807, 2.05) is 54.8 Å². The molecule has 0 N–H and O–H groups in total. The van der Waals surface area contributed by atoms with Gasteiger partial charge in [0.25, 0.3) is 0 Å². The Labute approximate surface area is 145 Å². The first-order valence-corrected chi connectivity index (χ1v) is 8.54. The molecule has 24 heavy (non-hydrogen) atoms. The van der Waals surface area contributed by atoms with Gasteiger partial charge in [0.2, 0.25) is 0 Å². The number of rotatable bonds is 6. The molecule has 0 fully saturated rings. The van der Waals surface area contributed by atoms with Crippen LogP contribution in [0.4, 0.5) is 0 Å². The number of hydrogen-bond acceptors (Lipinski definition) is 5. The highest BCUT2D eigenvalue weighted by atomic mass is 32.1. The first-order valence-electron chi connectivity index (χ1n) is 7.66. The quantitative estimate of drug-likeness (QED) is 0.640. The fourth-order valence-electron chi connectivity index (χ4n) is 2.40. The van der Waals surface area contributed by atoms with Gasteiger partial charge in [-0.2, -0.15) is 0 Å². The first kappa shape index (κ1) is 16.3. The van der Waals surface area contributed by atoms with Gasteiger partial charge in [0.1, 0.15) is 22.3 Å². The molecule has 0 amide bonds. The molecular weight excluding hydrogens is 322 g/mol. The van der Waals surface area contributed by atoms with Gasteiger partial charge in [-0.1, -0.05) is 0 Å². The van der Waals surface area contributed by atoms with Gasteiger partial charge in [0.05, 0.1) is 26.5 Å². The van der Waals surface area contributed by atoms with Crippen molar-refractivity contribution >= 4 is 11.3 Å². The second kappa shape index (κ2) is 7.36. The van der Waals surface area contributed by atoms with Crippen molar-refractivity contribution in [3.05, 3.63) is 47.8 Å². The normalized spacial score (nSPS) is 10.5. The molecule has 0 unspecified atom stereocenters. The summed E-state index contributed by atoms with van der Waals surface area (Å²) in [6.07, 6.45) is 0. The van der Waals surface area contributed by atoms with E-state index in [1.54, 1.807) is 25.6 Å². The molecule has 0 aliphatic rings. The molecule has 0 saturated heterocycles. The second-order valence-corrected chi connectivity index (χ2v) is 5.92. The highest BCUT2D eigenvalue weighted by Gasteiger charge is 2.12. The Morgan fingerprint density at radius 1 is 0.958 bits per heavy atom. The van der Waals surface area contributed by atoms with Crippen LogP contribution in [-0.2, 0) is 0 Å². The molecule has 3 rings (SSSR count). The van der Waals surface area contributed by atoms with E-state index in [9.17, 15) is 0 Å². The summed E-state index contributed by atoms with van der Waals surface area (Å²) in [7, 11) is 3.29. The zero-order valence-corrected chi connectivity index (χ0v) is 14.7. The number of methoxy groups -OCH3 is 2. The molecule has 0 radical (unpaired) electrons. The summed E-state index contributed by atoms with van der Waals surface area (Å²) < 4.78 is 16.2. The van der Waals surface area contributed by atoms with Crippen LogP contribution < -0.4 is 14.2 Å². The molecule has 4 nitrogen and oxygen atoms in total. The molecule has 2 aromatic carbocycles. The minimum atomic E-state index is 0.665. The smallest absolute Gasteiger partial charge is 0.131 e. The van der Waals surface area contributed by atoms with Crippen LogP contribution in [-0.4, -0.2) is 25.8 Å². The molecule has 3 aromatic rings. The summed E-state index contributed by atoms with van der Waals surface area (Å²) in [5, 5.41) is 3.00. The van der Waals surface area contributed by atoms with Crippen molar-refractivity contribution in [1.29, 1.82) is 0 Å². The van der Waals surface area contributed by atoms with Crippen LogP contribution in [0.2, 0.25) is 0 Å². The van der Waals surface area contributed by atoms with E-state index in [2.05, 4.69) is 0 Å². The lowest BCUT2D eigenvalue weighted by Crippen LogP contribution is -1.91. The highest BCUT2D eigenvalue weighted by Crippen LogP contribution is 2.36. The predicted molar refractivity (Wildman–Crippen MR) is 97.3 cm³/mol. The molecule has 1 aromatic heterocycles. The van der Waals surface area contributed by atoms with Crippen LogP contribution in [0.3, 0.4) is 0 Å². The van der Waals surface area contributed by atoms with Crippen molar-refractivity contribution < 1.29 is 14.2 Å². The monoisotopic (exact) mass is 341 g/mol. The van der Waals surface area contributed by atoms with E-state index in [0.29, 0.717) is 6.61 Å². The van der Waals surface area contributed by atoms with Gasteiger partial charge in [-0.25, -0.2) is 4.98 Å². The largest absolute Gasteiger partial charge is 0.497 e. The molecule has 1 heterocycles. The minimum Gasteiger partial charge on any atom is -0.497 e. The summed E-state index contributed by atoms with van der Waals surface area (Å²) in [4.78, 5) is 4.75. The Hall–Kier alpha value is -2.53. The third kappa shape index (κ3) is 3.36. The fraction of sp³-hybridized carbons (Fsp3) is 0.211. The fourth-order valence-corrected chi connectivity index (χ4v) is 3.23. The Bertz CT molecular complexity index is 812. The average Bonchev–Trinajstić information content (AvgIpc) is 3.12. The van der Waals surface area contributed by atoms with Crippen LogP contribution in [0.1, 0.15) is 6.92 Å². The number of thiazole rings is 1. The number of aromatic nitrogens is 1. The minimum absolute atomic E-state index is 0.665. The van der Waals surface area contributed by atoms with Gasteiger partial charge in [-0.05, 0) is 43.3 Å². The van der Waals surface area contributed by atoms with Crippen LogP contribution in [0.15, 0.2) is 47.8 Å². The number of hydrogen-bond donors (Lipinski definition) is 0. The lowest BCUT2D eigenvalue weighted by Gasteiger charge is -2.08. The van der Waals surface area contributed by atoms with Crippen molar-refractivity contribution in [3.8, 4) is 39.1 Å². The molecule has 0 aliphatic carbocycles. The van der Waals surface area contributed by atoms with Gasteiger partial charge in [0, 0.05) is 22.6 Å². The van der Waals surface area contributed by atoms with Gasteiger partial charge in [-0.15, -0.1) is 11.3 Å². The summed E-state index contributed by atoms with van der Waals surface area (Å²) >= 11 is 1.61. The Morgan fingerprint density at radius 3 is 2.38 bits per heavy atom. The van der Waals surface area contributed by atoms with Crippen molar-refractivity contribution in [3.63, 3.8) is 0 Å². The third-order valence-corrected chi connectivity index (χ3v) is 4.49. The maximum atomic E-state index is 5.48. The van der Waals surface area contributed by atoms with E-state index < -0.39 is 0 Å². The van der Waals surface area contributed by atoms with Crippen LogP contribution in [0, 0.1) is 0 Å². The second-order valence-electron chi connectivity index (χ2n) is 5.06. The topological polar surface area (TPSA) is 40.6 Å². The lowest BCUT2D eigenvalue weighted by atomic mass is 10.1. The highest BCUT2D eigenvalue weighted by molar-refractivity contribution is 7.13. The number of benzene rings is 2. The van der Waals surface area contributed by atoms with Gasteiger partial charge in [0.15, 0.2) is 0 Å². The molecule has 0 bridgehead atoms. The van der Waals surface area contributed by atoms with Crippen LogP contribution in [0.25, 0.3) is 21.8 Å². The summed E-state index contributed by atoms with van der Waals surface area (Å²) in [6.45, 7) is 2.64. The summed E-state index contributed by atoms with van der Waals surface area (Å²) in [6, 6.07) is 13.7. The SMILES string of the molecule is CCOc1ccc(-c2nc(-c3ccc(OC)cc3OC)cs2)cc1. The van der Waals surface area contributed by atoms with E-state index in [4.69, 9.17) is 19.2 Å². The lowest BCUT2D eigenvalue weighted by molar-refractivity contribution is 0.340. The maximum Gasteiger partial charge on any atom is 0.131 e. The van der Waals surface area contributed by atoms with Crippen molar-refractivity contribution in [1.82, 2.24) is 4.98 Å². The maximum absolute atomic E-state index is 5.48. The summed E-state index contributed by atoms with van der Waals surface area (Å²) in [5.41, 5.74) is 2.91. The standard InChI is InChI=1S/C19H19NO3S/c1-4-23-14-7-5-13(6-8-14)19-20-17(12-24-19)16-10-9-15(21-2)11-18(16)22-3/h5-12H,4H2,1-3H3. The zero-order chi connectivity index (χ0) is 16.9. The molecule has 0 spiro atoms. The molecule has 0 atom stereocenters. The van der Waals surface area contributed by atoms with E-state index in [0.717, 1.165) is 39.1 Å². The van der Waals surface area contributed by atoms with Crippen LogP contribution >= 0.6 is 11.3 Å². The van der Waals surface area contributed by atoms with E-state index in [1.165, 1.54) is 0 Å². The Balaban J connectivity index is 1.90. The summed E-state index contributed by atoms with van der Waals surface area (Å²) in [5.74, 6) is 2.38. The van der Waals surface area contributed by atoms with E-state index >= 15 is 0 Å². The van der Waals surface area contributed by atoms with Crippen molar-refractivity contribution in [2.24, 2.45) is 0 Å². The number of ether oxygens (including phenoxy) is 3. The van der Waals surface area contributed by atoms with Crippen molar-refractivity contribution in [2.45, 2.75) is 6.92 Å². The zero-order valence-electron chi connectivity index (χ0n) is 13.9. The van der Waals surface area contributed by atoms with Gasteiger partial charge < -0.3 is 14.2 Å². The van der Waals surface area contributed by atoms with Crippen molar-refractivity contribution in [2.75, 3.05) is 20.8 Å². The van der Waals surface area contributed by atoms with Gasteiger partial charge in [-0.3, -0.25) is 0 Å². The molecule has 5 heteroatoms. The van der Waals surface area contributed by atoms with Crippen LogP contribution in [0.5, 0.6) is 17.2 Å². The molecule has 124 valence electrons.